The SMILES string of the molecule is CC(C)c1ccc(S(=O)(=O)c2ccc(I)cc2)cc1. The lowest BCUT2D eigenvalue weighted by Crippen LogP contribution is -2.02. The molecule has 0 aromatic heterocycles. The fraction of sp³-hybridized carbons (Fsp3) is 0.200. The number of halogens is 1. The first kappa shape index (κ1) is 14.5. The third kappa shape index (κ3) is 3.17. The van der Waals surface area contributed by atoms with E-state index in [1.54, 1.807) is 36.4 Å². The second-order valence-electron chi connectivity index (χ2n) is 4.68. The van der Waals surface area contributed by atoms with Crippen molar-refractivity contribution in [2.45, 2.75) is 29.6 Å². The highest BCUT2D eigenvalue weighted by molar-refractivity contribution is 14.1. The van der Waals surface area contributed by atoms with Crippen molar-refractivity contribution >= 4 is 32.4 Å². The highest BCUT2D eigenvalue weighted by Gasteiger charge is 2.17. The van der Waals surface area contributed by atoms with Crippen LogP contribution in [0.25, 0.3) is 0 Å². The van der Waals surface area contributed by atoms with E-state index in [-0.39, 0.29) is 0 Å². The number of sulfone groups is 1. The largest absolute Gasteiger partial charge is 0.219 e. The van der Waals surface area contributed by atoms with E-state index in [2.05, 4.69) is 36.4 Å². The molecule has 0 saturated heterocycles. The van der Waals surface area contributed by atoms with Crippen LogP contribution < -0.4 is 0 Å². The summed E-state index contributed by atoms with van der Waals surface area (Å²) in [6.45, 7) is 4.17. The van der Waals surface area contributed by atoms with Gasteiger partial charge in [-0.1, -0.05) is 26.0 Å². The molecule has 0 spiro atoms. The van der Waals surface area contributed by atoms with Crippen molar-refractivity contribution in [3.63, 3.8) is 0 Å². The molecule has 0 radical (unpaired) electrons. The predicted octanol–water partition coefficient (Wildman–Crippen LogP) is 4.25. The van der Waals surface area contributed by atoms with E-state index in [0.717, 1.165) is 9.13 Å². The zero-order valence-electron chi connectivity index (χ0n) is 10.8. The Balaban J connectivity index is 2.42. The molecule has 0 unspecified atom stereocenters. The number of hydrogen-bond acceptors (Lipinski definition) is 2. The molecule has 100 valence electrons. The first-order valence-corrected chi connectivity index (χ1v) is 8.58. The molecule has 2 rings (SSSR count). The van der Waals surface area contributed by atoms with Crippen LogP contribution in [0.2, 0.25) is 0 Å². The number of benzene rings is 2. The summed E-state index contributed by atoms with van der Waals surface area (Å²) in [5.41, 5.74) is 1.14. The lowest BCUT2D eigenvalue weighted by atomic mass is 10.0. The highest BCUT2D eigenvalue weighted by Crippen LogP contribution is 2.23. The van der Waals surface area contributed by atoms with E-state index in [1.165, 1.54) is 0 Å². The van der Waals surface area contributed by atoms with E-state index < -0.39 is 9.84 Å². The summed E-state index contributed by atoms with van der Waals surface area (Å²) in [4.78, 5) is 0.684. The molecule has 0 fully saturated rings. The van der Waals surface area contributed by atoms with Gasteiger partial charge < -0.3 is 0 Å². The van der Waals surface area contributed by atoms with Gasteiger partial charge in [0.1, 0.15) is 0 Å². The van der Waals surface area contributed by atoms with Crippen molar-refractivity contribution in [1.29, 1.82) is 0 Å². The second-order valence-corrected chi connectivity index (χ2v) is 7.88. The molecule has 0 atom stereocenters. The van der Waals surface area contributed by atoms with Crippen LogP contribution in [0.5, 0.6) is 0 Å². The molecule has 0 N–H and O–H groups in total. The molecule has 4 heteroatoms. The third-order valence-electron chi connectivity index (χ3n) is 2.98. The molecule has 2 aromatic carbocycles. The molecule has 0 heterocycles. The average Bonchev–Trinajstić information content (AvgIpc) is 2.39. The summed E-state index contributed by atoms with van der Waals surface area (Å²) in [7, 11) is -3.40. The van der Waals surface area contributed by atoms with Crippen LogP contribution in [0.15, 0.2) is 58.3 Å². The zero-order valence-corrected chi connectivity index (χ0v) is 13.8. The number of rotatable bonds is 3. The molecule has 0 aliphatic carbocycles. The Morgan fingerprint density at radius 1 is 0.842 bits per heavy atom. The lowest BCUT2D eigenvalue weighted by Gasteiger charge is -2.08. The van der Waals surface area contributed by atoms with E-state index in [4.69, 9.17) is 0 Å². The smallest absolute Gasteiger partial charge is 0.206 e. The van der Waals surface area contributed by atoms with Crippen molar-refractivity contribution in [3.8, 4) is 0 Å². The first-order chi connectivity index (χ1) is 8.91. The molecular formula is C15H15IO2S. The maximum absolute atomic E-state index is 12.4. The fourth-order valence-electron chi connectivity index (χ4n) is 1.78. The first-order valence-electron chi connectivity index (χ1n) is 6.02. The molecule has 2 nitrogen and oxygen atoms in total. The van der Waals surface area contributed by atoms with Crippen molar-refractivity contribution in [2.24, 2.45) is 0 Å². The second kappa shape index (κ2) is 5.63. The Kier molecular flexibility index (Phi) is 4.30. The van der Waals surface area contributed by atoms with Crippen LogP contribution >= 0.6 is 22.6 Å². The Morgan fingerprint density at radius 3 is 1.68 bits per heavy atom. The Labute approximate surface area is 127 Å². The van der Waals surface area contributed by atoms with Crippen LogP contribution in [0.3, 0.4) is 0 Å². The third-order valence-corrected chi connectivity index (χ3v) is 5.49. The monoisotopic (exact) mass is 386 g/mol. The molecular weight excluding hydrogens is 371 g/mol. The van der Waals surface area contributed by atoms with Gasteiger partial charge in [-0.05, 0) is 70.5 Å². The van der Waals surface area contributed by atoms with Gasteiger partial charge in [-0.15, -0.1) is 0 Å². The topological polar surface area (TPSA) is 34.1 Å². The van der Waals surface area contributed by atoms with Crippen LogP contribution in [0, 0.1) is 3.57 Å². The minimum absolute atomic E-state index is 0.338. The minimum Gasteiger partial charge on any atom is -0.219 e. The molecule has 0 aliphatic heterocycles. The van der Waals surface area contributed by atoms with E-state index in [0.29, 0.717) is 15.7 Å². The van der Waals surface area contributed by atoms with Gasteiger partial charge in [0.05, 0.1) is 9.79 Å². The van der Waals surface area contributed by atoms with Gasteiger partial charge in [-0.3, -0.25) is 0 Å². The minimum atomic E-state index is -3.40. The summed E-state index contributed by atoms with van der Waals surface area (Å²) < 4.78 is 25.9. The predicted molar refractivity (Wildman–Crippen MR) is 85.1 cm³/mol. The maximum Gasteiger partial charge on any atom is 0.206 e. The van der Waals surface area contributed by atoms with Gasteiger partial charge in [-0.25, -0.2) is 8.42 Å². The van der Waals surface area contributed by atoms with Gasteiger partial charge in [-0.2, -0.15) is 0 Å². The van der Waals surface area contributed by atoms with Crippen molar-refractivity contribution in [1.82, 2.24) is 0 Å². The summed E-state index contributed by atoms with van der Waals surface area (Å²) in [6.07, 6.45) is 0. The van der Waals surface area contributed by atoms with Crippen LogP contribution in [0.4, 0.5) is 0 Å². The highest BCUT2D eigenvalue weighted by atomic mass is 127. The average molecular weight is 386 g/mol. The summed E-state index contributed by atoms with van der Waals surface area (Å²) in [5.74, 6) is 0.398. The van der Waals surface area contributed by atoms with Gasteiger partial charge in [0.2, 0.25) is 9.84 Å². The normalized spacial score (nSPS) is 11.8. The molecule has 0 aliphatic rings. The number of hydrogen-bond donors (Lipinski definition) is 0. The van der Waals surface area contributed by atoms with Gasteiger partial charge in [0.15, 0.2) is 0 Å². The van der Waals surface area contributed by atoms with Crippen LogP contribution in [0.1, 0.15) is 25.3 Å². The standard InChI is InChI=1S/C15H15IO2S/c1-11(2)12-3-7-14(8-4-12)19(17,18)15-9-5-13(16)6-10-15/h3-11H,1-2H3. The fourth-order valence-corrected chi connectivity index (χ4v) is 3.40. The van der Waals surface area contributed by atoms with Gasteiger partial charge in [0, 0.05) is 3.57 Å². The van der Waals surface area contributed by atoms with Gasteiger partial charge >= 0.3 is 0 Å². The van der Waals surface area contributed by atoms with Crippen molar-refractivity contribution in [3.05, 3.63) is 57.7 Å². The molecule has 0 amide bonds. The molecule has 19 heavy (non-hydrogen) atoms. The van der Waals surface area contributed by atoms with Crippen molar-refractivity contribution in [2.75, 3.05) is 0 Å². The van der Waals surface area contributed by atoms with E-state index in [9.17, 15) is 8.42 Å². The van der Waals surface area contributed by atoms with Gasteiger partial charge in [0.25, 0.3) is 0 Å². The van der Waals surface area contributed by atoms with Crippen LogP contribution in [-0.2, 0) is 9.84 Å². The van der Waals surface area contributed by atoms with E-state index in [1.807, 2.05) is 12.1 Å². The quantitative estimate of drug-likeness (QED) is 0.740. The Bertz CT molecular complexity index is 656. The van der Waals surface area contributed by atoms with Crippen LogP contribution in [-0.4, -0.2) is 8.42 Å². The summed E-state index contributed by atoms with van der Waals surface area (Å²) in [6, 6.07) is 14.0. The molecule has 0 bridgehead atoms. The molecule has 0 saturated carbocycles. The lowest BCUT2D eigenvalue weighted by molar-refractivity contribution is 0.596. The zero-order chi connectivity index (χ0) is 14.0. The van der Waals surface area contributed by atoms with E-state index >= 15 is 0 Å². The Hall–Kier alpha value is -0.880. The Morgan fingerprint density at radius 2 is 1.26 bits per heavy atom. The maximum atomic E-state index is 12.4. The summed E-state index contributed by atoms with van der Waals surface area (Å²) in [5, 5.41) is 0. The summed E-state index contributed by atoms with van der Waals surface area (Å²) >= 11 is 2.16. The van der Waals surface area contributed by atoms with Crippen molar-refractivity contribution < 1.29 is 8.42 Å². The molecule has 2 aromatic rings.